The van der Waals surface area contributed by atoms with E-state index in [1.807, 2.05) is 13.8 Å². The Morgan fingerprint density at radius 1 is 1.47 bits per heavy atom. The largest absolute Gasteiger partial charge is 0.394 e. The second-order valence-electron chi connectivity index (χ2n) is 3.87. The fourth-order valence-corrected chi connectivity index (χ4v) is 1.04. The van der Waals surface area contributed by atoms with Crippen molar-refractivity contribution in [2.45, 2.75) is 33.2 Å². The summed E-state index contributed by atoms with van der Waals surface area (Å²) < 4.78 is 0. The highest BCUT2D eigenvalue weighted by atomic mass is 35.5. The van der Waals surface area contributed by atoms with E-state index in [0.29, 0.717) is 10.7 Å². The average Bonchev–Trinajstić information content (AvgIpc) is 2.32. The number of aliphatic hydroxyl groups is 1. The second-order valence-corrected chi connectivity index (χ2v) is 4.25. The van der Waals surface area contributed by atoms with Gasteiger partial charge in [-0.1, -0.05) is 25.4 Å². The molecule has 17 heavy (non-hydrogen) atoms. The molecular formula is C12H19ClN2O2. The molecule has 0 spiro atoms. The number of halogens is 1. The second kappa shape index (κ2) is 7.25. The fourth-order valence-electron chi connectivity index (χ4n) is 0.929. The van der Waals surface area contributed by atoms with Gasteiger partial charge in [-0.05, 0) is 26.0 Å². The van der Waals surface area contributed by atoms with Gasteiger partial charge in [0.15, 0.2) is 0 Å². The number of hydrogen-bond donors (Lipinski definition) is 2. The predicted octanol–water partition coefficient (Wildman–Crippen LogP) is 2.26. The lowest BCUT2D eigenvalue weighted by Crippen LogP contribution is -2.46. The summed E-state index contributed by atoms with van der Waals surface area (Å²) in [6, 6.07) is 3.13. The summed E-state index contributed by atoms with van der Waals surface area (Å²) in [5.41, 5.74) is -0.225. The Morgan fingerprint density at radius 2 is 2.06 bits per heavy atom. The molecule has 1 aromatic rings. The fraction of sp³-hybridized carbons (Fsp3) is 0.500. The average molecular weight is 259 g/mol. The summed E-state index contributed by atoms with van der Waals surface area (Å²) in [6.07, 6.45) is 1.39. The molecule has 96 valence electrons. The highest BCUT2D eigenvalue weighted by molar-refractivity contribution is 6.29. The maximum atomic E-state index is 11.6. The summed E-state index contributed by atoms with van der Waals surface area (Å²) >= 11 is 5.59. The lowest BCUT2D eigenvalue weighted by atomic mass is 10.1. The highest BCUT2D eigenvalue weighted by Crippen LogP contribution is 2.07. The van der Waals surface area contributed by atoms with Crippen molar-refractivity contribution < 1.29 is 9.90 Å². The third kappa shape index (κ3) is 5.65. The van der Waals surface area contributed by atoms with E-state index in [0.717, 1.165) is 0 Å². The van der Waals surface area contributed by atoms with Crippen molar-refractivity contribution >= 4 is 17.5 Å². The van der Waals surface area contributed by atoms with Crippen LogP contribution in [0.25, 0.3) is 0 Å². The highest BCUT2D eigenvalue weighted by Gasteiger charge is 2.19. The lowest BCUT2D eigenvalue weighted by Gasteiger charge is -2.23. The van der Waals surface area contributed by atoms with Gasteiger partial charge in [-0.15, -0.1) is 0 Å². The van der Waals surface area contributed by atoms with Crippen LogP contribution in [0.5, 0.6) is 0 Å². The smallest absolute Gasteiger partial charge is 0.253 e. The van der Waals surface area contributed by atoms with Gasteiger partial charge in [-0.25, -0.2) is 4.98 Å². The molecule has 1 rings (SSSR count). The molecule has 0 saturated heterocycles. The van der Waals surface area contributed by atoms with Gasteiger partial charge in [0.05, 0.1) is 17.7 Å². The van der Waals surface area contributed by atoms with Crippen molar-refractivity contribution in [2.75, 3.05) is 6.61 Å². The summed E-state index contributed by atoms with van der Waals surface area (Å²) in [4.78, 5) is 15.4. The molecule has 0 atom stereocenters. The number of rotatable bonds is 3. The number of amides is 1. The molecule has 0 saturated carbocycles. The lowest BCUT2D eigenvalue weighted by molar-refractivity contribution is 0.0869. The van der Waals surface area contributed by atoms with E-state index in [2.05, 4.69) is 10.3 Å². The first kappa shape index (κ1) is 15.9. The van der Waals surface area contributed by atoms with E-state index in [1.165, 1.54) is 6.20 Å². The van der Waals surface area contributed by atoms with E-state index in [-0.39, 0.29) is 12.5 Å². The monoisotopic (exact) mass is 258 g/mol. The van der Waals surface area contributed by atoms with Crippen LogP contribution in [0.15, 0.2) is 18.3 Å². The number of carbonyl (C=O) groups is 1. The van der Waals surface area contributed by atoms with Crippen LogP contribution in [-0.4, -0.2) is 28.1 Å². The first-order chi connectivity index (χ1) is 7.94. The SMILES string of the molecule is CC.CC(C)(CO)NC(=O)c1ccc(Cl)nc1. The third-order valence-electron chi connectivity index (χ3n) is 1.84. The van der Waals surface area contributed by atoms with Gasteiger partial charge in [0, 0.05) is 6.20 Å². The first-order valence-electron chi connectivity index (χ1n) is 5.49. The van der Waals surface area contributed by atoms with Crippen LogP contribution < -0.4 is 5.32 Å². The Hall–Kier alpha value is -1.13. The Balaban J connectivity index is 0.00000121. The van der Waals surface area contributed by atoms with Gasteiger partial charge >= 0.3 is 0 Å². The number of aromatic nitrogens is 1. The van der Waals surface area contributed by atoms with Crippen LogP contribution in [0.4, 0.5) is 0 Å². The number of nitrogens with zero attached hydrogens (tertiary/aromatic N) is 1. The minimum absolute atomic E-state index is 0.125. The molecule has 0 bridgehead atoms. The van der Waals surface area contributed by atoms with Gasteiger partial charge in [-0.3, -0.25) is 4.79 Å². The first-order valence-corrected chi connectivity index (χ1v) is 5.87. The minimum atomic E-state index is -0.642. The van der Waals surface area contributed by atoms with E-state index >= 15 is 0 Å². The van der Waals surface area contributed by atoms with Crippen molar-refractivity contribution in [3.63, 3.8) is 0 Å². The number of nitrogens with one attached hydrogen (secondary N) is 1. The zero-order chi connectivity index (χ0) is 13.5. The maximum Gasteiger partial charge on any atom is 0.253 e. The van der Waals surface area contributed by atoms with Gasteiger partial charge in [0.1, 0.15) is 5.15 Å². The van der Waals surface area contributed by atoms with Crippen molar-refractivity contribution in [3.05, 3.63) is 29.0 Å². The Kier molecular flexibility index (Phi) is 6.76. The quantitative estimate of drug-likeness (QED) is 0.818. The topological polar surface area (TPSA) is 62.2 Å². The van der Waals surface area contributed by atoms with Crippen LogP contribution in [0.2, 0.25) is 5.15 Å². The summed E-state index contributed by atoms with van der Waals surface area (Å²) in [5.74, 6) is -0.279. The number of pyridine rings is 1. The standard InChI is InChI=1S/C10H13ClN2O2.C2H6/c1-10(2,6-14)13-9(15)7-3-4-8(11)12-5-7;1-2/h3-5,14H,6H2,1-2H3,(H,13,15);1-2H3. The van der Waals surface area contributed by atoms with E-state index in [4.69, 9.17) is 16.7 Å². The van der Waals surface area contributed by atoms with Crippen LogP contribution >= 0.6 is 11.6 Å². The van der Waals surface area contributed by atoms with Crippen molar-refractivity contribution in [1.29, 1.82) is 0 Å². The summed E-state index contributed by atoms with van der Waals surface area (Å²) in [6.45, 7) is 7.34. The molecule has 1 heterocycles. The van der Waals surface area contributed by atoms with Gasteiger partial charge in [-0.2, -0.15) is 0 Å². The maximum absolute atomic E-state index is 11.6. The number of hydrogen-bond acceptors (Lipinski definition) is 3. The molecule has 0 aliphatic rings. The van der Waals surface area contributed by atoms with Gasteiger partial charge in [0.25, 0.3) is 5.91 Å². The molecule has 0 aliphatic carbocycles. The normalized spacial score (nSPS) is 10.2. The molecule has 1 amide bonds. The Labute approximate surface area is 107 Å². The molecule has 0 aromatic carbocycles. The molecule has 4 nitrogen and oxygen atoms in total. The molecule has 5 heteroatoms. The number of carbonyl (C=O) groups excluding carboxylic acids is 1. The molecule has 0 radical (unpaired) electrons. The third-order valence-corrected chi connectivity index (χ3v) is 2.06. The minimum Gasteiger partial charge on any atom is -0.394 e. The van der Waals surface area contributed by atoms with Gasteiger partial charge in [0.2, 0.25) is 0 Å². The zero-order valence-corrected chi connectivity index (χ0v) is 11.4. The van der Waals surface area contributed by atoms with Crippen molar-refractivity contribution in [1.82, 2.24) is 10.3 Å². The molecular weight excluding hydrogens is 240 g/mol. The van der Waals surface area contributed by atoms with Crippen LogP contribution in [0.3, 0.4) is 0 Å². The Bertz CT molecular complexity index is 350. The van der Waals surface area contributed by atoms with Gasteiger partial charge < -0.3 is 10.4 Å². The van der Waals surface area contributed by atoms with Crippen LogP contribution in [0.1, 0.15) is 38.1 Å². The van der Waals surface area contributed by atoms with E-state index in [9.17, 15) is 4.79 Å². The number of aliphatic hydroxyl groups excluding tert-OH is 1. The molecule has 2 N–H and O–H groups in total. The summed E-state index contributed by atoms with van der Waals surface area (Å²) in [7, 11) is 0. The Morgan fingerprint density at radius 3 is 2.47 bits per heavy atom. The van der Waals surface area contributed by atoms with Crippen LogP contribution in [-0.2, 0) is 0 Å². The van der Waals surface area contributed by atoms with Crippen molar-refractivity contribution in [2.24, 2.45) is 0 Å². The molecule has 1 aromatic heterocycles. The van der Waals surface area contributed by atoms with Crippen molar-refractivity contribution in [3.8, 4) is 0 Å². The molecule has 0 fully saturated rings. The van der Waals surface area contributed by atoms with Crippen LogP contribution in [0, 0.1) is 0 Å². The van der Waals surface area contributed by atoms with E-state index in [1.54, 1.807) is 26.0 Å². The zero-order valence-electron chi connectivity index (χ0n) is 10.6. The molecule has 0 unspecified atom stereocenters. The van der Waals surface area contributed by atoms with E-state index < -0.39 is 5.54 Å². The molecule has 0 aliphatic heterocycles. The predicted molar refractivity (Wildman–Crippen MR) is 69.2 cm³/mol. The summed E-state index contributed by atoms with van der Waals surface area (Å²) in [5, 5.41) is 12.0.